The molecule has 0 bridgehead atoms. The van der Waals surface area contributed by atoms with Crippen molar-refractivity contribution in [3.8, 4) is 5.69 Å². The van der Waals surface area contributed by atoms with Crippen LogP contribution in [0.25, 0.3) is 5.69 Å². The summed E-state index contributed by atoms with van der Waals surface area (Å²) in [5.41, 5.74) is 2.23. The van der Waals surface area contributed by atoms with Crippen LogP contribution < -0.4 is 5.32 Å². The molecular weight excluding hydrogens is 252 g/mol. The summed E-state index contributed by atoms with van der Waals surface area (Å²) in [7, 11) is 0. The summed E-state index contributed by atoms with van der Waals surface area (Å²) < 4.78 is 1.74. The predicted octanol–water partition coefficient (Wildman–Crippen LogP) is 2.52. The first-order valence-electron chi connectivity index (χ1n) is 6.14. The zero-order chi connectivity index (χ0) is 13.8. The monoisotopic (exact) mass is 264 g/mol. The normalized spacial score (nSPS) is 10.2. The van der Waals surface area contributed by atoms with E-state index in [-0.39, 0.29) is 5.91 Å². The highest BCUT2D eigenvalue weighted by Crippen LogP contribution is 2.11. The van der Waals surface area contributed by atoms with Crippen molar-refractivity contribution >= 4 is 11.6 Å². The van der Waals surface area contributed by atoms with Crippen molar-refractivity contribution in [3.05, 3.63) is 72.8 Å². The van der Waals surface area contributed by atoms with E-state index in [1.807, 2.05) is 24.4 Å². The number of hydrogen-bond donors (Lipinski definition) is 1. The third-order valence-electron chi connectivity index (χ3n) is 2.84. The Hall–Kier alpha value is -2.95. The van der Waals surface area contributed by atoms with Gasteiger partial charge in [0.2, 0.25) is 0 Å². The number of aromatic nitrogens is 3. The first-order chi connectivity index (χ1) is 9.83. The van der Waals surface area contributed by atoms with Gasteiger partial charge in [-0.3, -0.25) is 9.78 Å². The molecule has 0 aliphatic carbocycles. The molecule has 2 heterocycles. The molecule has 2 aromatic heterocycles. The van der Waals surface area contributed by atoms with Gasteiger partial charge in [-0.2, -0.15) is 5.10 Å². The molecule has 20 heavy (non-hydrogen) atoms. The number of anilines is 1. The van der Waals surface area contributed by atoms with E-state index < -0.39 is 0 Å². The lowest BCUT2D eigenvalue weighted by molar-refractivity contribution is 0.102. The van der Waals surface area contributed by atoms with Gasteiger partial charge in [0.05, 0.1) is 5.69 Å². The second-order valence-corrected chi connectivity index (χ2v) is 4.19. The van der Waals surface area contributed by atoms with Gasteiger partial charge >= 0.3 is 0 Å². The number of rotatable bonds is 3. The number of nitrogens with one attached hydrogen (secondary N) is 1. The van der Waals surface area contributed by atoms with Crippen molar-refractivity contribution in [1.82, 2.24) is 14.8 Å². The zero-order valence-electron chi connectivity index (χ0n) is 10.6. The molecule has 0 spiro atoms. The van der Waals surface area contributed by atoms with E-state index in [0.29, 0.717) is 5.56 Å². The van der Waals surface area contributed by atoms with Crippen LogP contribution in [0.5, 0.6) is 0 Å². The third kappa shape index (κ3) is 2.56. The predicted molar refractivity (Wildman–Crippen MR) is 75.8 cm³/mol. The maximum atomic E-state index is 12.1. The highest BCUT2D eigenvalue weighted by atomic mass is 16.1. The molecule has 5 heteroatoms. The molecular formula is C15H12N4O. The van der Waals surface area contributed by atoms with E-state index in [1.54, 1.807) is 47.5 Å². The van der Waals surface area contributed by atoms with E-state index in [2.05, 4.69) is 15.4 Å². The number of carbonyl (C=O) groups is 1. The molecule has 0 aliphatic rings. The number of pyridine rings is 1. The second-order valence-electron chi connectivity index (χ2n) is 4.19. The first-order valence-corrected chi connectivity index (χ1v) is 6.14. The van der Waals surface area contributed by atoms with E-state index in [4.69, 9.17) is 0 Å². The number of carbonyl (C=O) groups excluding carboxylic acids is 1. The summed E-state index contributed by atoms with van der Waals surface area (Å²) in [5, 5.41) is 6.95. The molecule has 0 unspecified atom stereocenters. The third-order valence-corrected chi connectivity index (χ3v) is 2.84. The number of benzene rings is 1. The van der Waals surface area contributed by atoms with Gasteiger partial charge in [-0.25, -0.2) is 4.68 Å². The molecule has 1 aromatic carbocycles. The highest BCUT2D eigenvalue weighted by molar-refractivity contribution is 6.04. The maximum Gasteiger partial charge on any atom is 0.255 e. The van der Waals surface area contributed by atoms with Crippen molar-refractivity contribution < 1.29 is 4.79 Å². The minimum Gasteiger partial charge on any atom is -0.322 e. The van der Waals surface area contributed by atoms with Crippen molar-refractivity contribution in [2.45, 2.75) is 0 Å². The fourth-order valence-corrected chi connectivity index (χ4v) is 1.83. The Bertz CT molecular complexity index is 691. The number of amides is 1. The molecule has 3 aromatic rings. The van der Waals surface area contributed by atoms with Crippen LogP contribution in [0.3, 0.4) is 0 Å². The average molecular weight is 264 g/mol. The number of hydrogen-bond acceptors (Lipinski definition) is 3. The molecule has 5 nitrogen and oxygen atoms in total. The highest BCUT2D eigenvalue weighted by Gasteiger charge is 2.06. The quantitative estimate of drug-likeness (QED) is 0.790. The van der Waals surface area contributed by atoms with Gasteiger partial charge in [0.25, 0.3) is 5.91 Å². The summed E-state index contributed by atoms with van der Waals surface area (Å²) in [4.78, 5) is 16.0. The Morgan fingerprint density at radius 1 is 1.00 bits per heavy atom. The van der Waals surface area contributed by atoms with Crippen molar-refractivity contribution in [3.63, 3.8) is 0 Å². The minimum atomic E-state index is -0.150. The van der Waals surface area contributed by atoms with E-state index in [1.165, 1.54) is 0 Å². The Kier molecular flexibility index (Phi) is 3.24. The Morgan fingerprint density at radius 3 is 2.40 bits per heavy atom. The van der Waals surface area contributed by atoms with Gasteiger partial charge in [-0.1, -0.05) is 0 Å². The van der Waals surface area contributed by atoms with Crippen LogP contribution in [0.1, 0.15) is 10.4 Å². The van der Waals surface area contributed by atoms with Crippen molar-refractivity contribution in [2.75, 3.05) is 5.32 Å². The van der Waals surface area contributed by atoms with E-state index >= 15 is 0 Å². The van der Waals surface area contributed by atoms with Crippen molar-refractivity contribution in [1.29, 1.82) is 0 Å². The van der Waals surface area contributed by atoms with Crippen LogP contribution >= 0.6 is 0 Å². The molecule has 1 amide bonds. The van der Waals surface area contributed by atoms with Gasteiger partial charge in [0.1, 0.15) is 0 Å². The maximum absolute atomic E-state index is 12.1. The number of nitrogens with zero attached hydrogens (tertiary/aromatic N) is 3. The molecule has 3 rings (SSSR count). The molecule has 98 valence electrons. The standard InChI is InChI=1S/C15H12N4O/c20-15(18-13-6-9-16-10-7-13)12-2-4-14(5-3-12)19-11-1-8-17-19/h1-11H,(H,16,18,20). The fourth-order valence-electron chi connectivity index (χ4n) is 1.83. The molecule has 0 aliphatic heterocycles. The topological polar surface area (TPSA) is 59.8 Å². The molecule has 0 radical (unpaired) electrons. The van der Waals surface area contributed by atoms with Gasteiger partial charge in [-0.15, -0.1) is 0 Å². The summed E-state index contributed by atoms with van der Waals surface area (Å²) in [5.74, 6) is -0.150. The van der Waals surface area contributed by atoms with Crippen LogP contribution in [-0.2, 0) is 0 Å². The lowest BCUT2D eigenvalue weighted by Gasteiger charge is -2.06. The lowest BCUT2D eigenvalue weighted by atomic mass is 10.2. The lowest BCUT2D eigenvalue weighted by Crippen LogP contribution is -2.11. The minimum absolute atomic E-state index is 0.150. The zero-order valence-corrected chi connectivity index (χ0v) is 10.6. The Labute approximate surface area is 115 Å². The Morgan fingerprint density at radius 2 is 1.75 bits per heavy atom. The summed E-state index contributed by atoms with van der Waals surface area (Å²) in [6, 6.07) is 12.6. The molecule has 0 atom stereocenters. The summed E-state index contributed by atoms with van der Waals surface area (Å²) >= 11 is 0. The van der Waals surface area contributed by atoms with Crippen LogP contribution in [-0.4, -0.2) is 20.7 Å². The first kappa shape index (κ1) is 12.1. The Balaban J connectivity index is 1.76. The smallest absolute Gasteiger partial charge is 0.255 e. The summed E-state index contributed by atoms with van der Waals surface area (Å²) in [6.07, 6.45) is 6.84. The SMILES string of the molecule is O=C(Nc1ccncc1)c1ccc(-n2cccn2)cc1. The van der Waals surface area contributed by atoms with Crippen LogP contribution in [0.15, 0.2) is 67.3 Å². The second kappa shape index (κ2) is 5.36. The van der Waals surface area contributed by atoms with Crippen LogP contribution in [0, 0.1) is 0 Å². The van der Waals surface area contributed by atoms with Crippen LogP contribution in [0.4, 0.5) is 5.69 Å². The fraction of sp³-hybridized carbons (Fsp3) is 0. The van der Waals surface area contributed by atoms with Gasteiger partial charge < -0.3 is 5.32 Å². The molecule has 0 saturated carbocycles. The largest absolute Gasteiger partial charge is 0.322 e. The molecule has 1 N–H and O–H groups in total. The van der Waals surface area contributed by atoms with Gasteiger partial charge in [-0.05, 0) is 42.5 Å². The van der Waals surface area contributed by atoms with Gasteiger partial charge in [0, 0.05) is 36.0 Å². The van der Waals surface area contributed by atoms with E-state index in [9.17, 15) is 4.79 Å². The van der Waals surface area contributed by atoms with Gasteiger partial charge in [0.15, 0.2) is 0 Å². The van der Waals surface area contributed by atoms with E-state index in [0.717, 1.165) is 11.4 Å². The van der Waals surface area contributed by atoms with Crippen LogP contribution in [0.2, 0.25) is 0 Å². The molecule has 0 saturated heterocycles. The summed E-state index contributed by atoms with van der Waals surface area (Å²) in [6.45, 7) is 0. The molecule has 0 fully saturated rings. The average Bonchev–Trinajstić information content (AvgIpc) is 3.03. The van der Waals surface area contributed by atoms with Crippen molar-refractivity contribution in [2.24, 2.45) is 0 Å².